The summed E-state index contributed by atoms with van der Waals surface area (Å²) in [6.07, 6.45) is 0.830. The van der Waals surface area contributed by atoms with E-state index < -0.39 is 12.1 Å². The summed E-state index contributed by atoms with van der Waals surface area (Å²) in [4.78, 5) is 9.97. The molecule has 1 atom stereocenters. The fraction of sp³-hybridized carbons (Fsp3) is 0.560. The van der Waals surface area contributed by atoms with Gasteiger partial charge in [0.15, 0.2) is 0 Å². The Kier molecular flexibility index (Phi) is 12.1. The summed E-state index contributed by atoms with van der Waals surface area (Å²) >= 11 is 0. The van der Waals surface area contributed by atoms with Crippen LogP contribution in [-0.2, 0) is 9.53 Å². The molecule has 0 spiro atoms. The van der Waals surface area contributed by atoms with Gasteiger partial charge < -0.3 is 14.6 Å². The fourth-order valence-corrected chi connectivity index (χ4v) is 3.58. The molecule has 3 nitrogen and oxygen atoms in total. The van der Waals surface area contributed by atoms with Crippen LogP contribution < -0.4 is 5.11 Å². The zero-order valence-corrected chi connectivity index (χ0v) is 22.5. The van der Waals surface area contributed by atoms with Crippen molar-refractivity contribution < 1.29 is 55.0 Å². The largest absolute Gasteiger partial charge is 3.00 e. The third kappa shape index (κ3) is 6.99. The minimum absolute atomic E-state index is 0. The molecule has 1 aliphatic rings. The number of aliphatic carboxylic acids is 1. The maximum atomic E-state index is 9.97. The maximum absolute atomic E-state index is 9.97. The minimum Gasteiger partial charge on any atom is -0.547 e. The fourth-order valence-electron chi connectivity index (χ4n) is 3.58. The maximum Gasteiger partial charge on any atom is 3.00 e. The number of rotatable bonds is 1. The molecule has 1 aliphatic heterocycles. The van der Waals surface area contributed by atoms with Crippen LogP contribution in [0.15, 0.2) is 0 Å². The van der Waals surface area contributed by atoms with Crippen molar-refractivity contribution in [2.24, 2.45) is 0 Å². The van der Waals surface area contributed by atoms with Gasteiger partial charge in [-0.3, -0.25) is 0 Å². The van der Waals surface area contributed by atoms with E-state index in [1.807, 2.05) is 0 Å². The Morgan fingerprint density at radius 2 is 1.10 bits per heavy atom. The number of carbonyl (C=O) groups is 1. The summed E-state index contributed by atoms with van der Waals surface area (Å²) in [5, 5.41) is 9.97. The van der Waals surface area contributed by atoms with E-state index in [9.17, 15) is 9.90 Å². The van der Waals surface area contributed by atoms with Gasteiger partial charge in [-0.25, -0.2) is 0 Å². The minimum atomic E-state index is -1.08. The molecule has 2 aromatic carbocycles. The predicted molar refractivity (Wildman–Crippen MR) is 115 cm³/mol. The molecular formula is C25H37O3Sm. The van der Waals surface area contributed by atoms with E-state index in [-0.39, 0.29) is 40.4 Å². The van der Waals surface area contributed by atoms with Crippen molar-refractivity contribution in [2.75, 3.05) is 6.61 Å². The zero-order chi connectivity index (χ0) is 21.8. The SMILES string of the molecule is Cc1c(C)c(C)[c-](C)c1C.Cc1c(C)c(C)[c-](C)c1C.O=C([O-])C1CCCO1.[Sm+3]. The van der Waals surface area contributed by atoms with E-state index in [1.165, 1.54) is 55.6 Å². The van der Waals surface area contributed by atoms with Crippen LogP contribution in [0.4, 0.5) is 0 Å². The van der Waals surface area contributed by atoms with E-state index in [0.29, 0.717) is 13.0 Å². The molecule has 0 saturated carbocycles. The van der Waals surface area contributed by atoms with Gasteiger partial charge in [-0.1, -0.05) is 69.2 Å². The summed E-state index contributed by atoms with van der Waals surface area (Å²) in [5.74, 6) is -1.08. The van der Waals surface area contributed by atoms with Crippen LogP contribution in [0.25, 0.3) is 0 Å². The predicted octanol–water partition coefficient (Wildman–Crippen LogP) is 4.81. The smallest absolute Gasteiger partial charge is 0.547 e. The summed E-state index contributed by atoms with van der Waals surface area (Å²) in [6.45, 7) is 22.6. The van der Waals surface area contributed by atoms with Crippen LogP contribution in [0.3, 0.4) is 0 Å². The molecule has 1 radical (unpaired) electrons. The summed E-state index contributed by atoms with van der Waals surface area (Å²) in [6, 6.07) is 0. The Balaban J connectivity index is 0.000000401. The quantitative estimate of drug-likeness (QED) is 0.493. The second kappa shape index (κ2) is 12.4. The Morgan fingerprint density at radius 1 is 0.793 bits per heavy atom. The molecule has 161 valence electrons. The Morgan fingerprint density at radius 3 is 1.21 bits per heavy atom. The first kappa shape index (κ1) is 28.5. The molecule has 0 aliphatic carbocycles. The van der Waals surface area contributed by atoms with E-state index in [0.717, 1.165) is 6.42 Å². The molecule has 2 aromatic rings. The Bertz CT molecular complexity index is 601. The van der Waals surface area contributed by atoms with Crippen molar-refractivity contribution in [3.05, 3.63) is 55.6 Å². The van der Waals surface area contributed by atoms with Gasteiger partial charge in [0.05, 0.1) is 12.1 Å². The standard InChI is InChI=1S/2C10H15.C5H8O3.Sm/c2*1-6-7(2)9(4)10(5)8(6)3;6-5(7)4-2-1-3-8-4;/h2*1-5H3;4H,1-3H2,(H,6,7);/q2*-1;;+3/p-1. The Hall–Kier alpha value is -0.532. The average Bonchev–Trinajstić information content (AvgIpc) is 3.32. The van der Waals surface area contributed by atoms with Gasteiger partial charge in [0.1, 0.15) is 0 Å². The Labute approximate surface area is 210 Å². The third-order valence-electron chi connectivity index (χ3n) is 6.82. The number of ether oxygens (including phenoxy) is 1. The molecule has 3 rings (SSSR count). The van der Waals surface area contributed by atoms with Crippen LogP contribution in [-0.4, -0.2) is 18.7 Å². The first-order valence-corrected chi connectivity index (χ1v) is 10.1. The topological polar surface area (TPSA) is 49.4 Å². The molecule has 1 saturated heterocycles. The third-order valence-corrected chi connectivity index (χ3v) is 6.82. The van der Waals surface area contributed by atoms with Crippen LogP contribution in [0.5, 0.6) is 0 Å². The van der Waals surface area contributed by atoms with Gasteiger partial charge >= 0.3 is 40.4 Å². The van der Waals surface area contributed by atoms with E-state index in [4.69, 9.17) is 4.74 Å². The first-order chi connectivity index (χ1) is 12.9. The molecule has 0 aromatic heterocycles. The molecule has 29 heavy (non-hydrogen) atoms. The number of carboxylic acids is 1. The van der Waals surface area contributed by atoms with E-state index >= 15 is 0 Å². The molecule has 1 unspecified atom stereocenters. The molecule has 0 amide bonds. The van der Waals surface area contributed by atoms with Crippen molar-refractivity contribution in [1.29, 1.82) is 0 Å². The average molecular weight is 536 g/mol. The number of hydrogen-bond acceptors (Lipinski definition) is 3. The van der Waals surface area contributed by atoms with Crippen LogP contribution in [0, 0.1) is 110 Å². The van der Waals surface area contributed by atoms with E-state index in [2.05, 4.69) is 69.2 Å². The van der Waals surface area contributed by atoms with Crippen molar-refractivity contribution in [3.8, 4) is 0 Å². The normalized spacial score (nSPS) is 15.0. The molecule has 4 heteroatoms. The van der Waals surface area contributed by atoms with Crippen molar-refractivity contribution in [3.63, 3.8) is 0 Å². The molecule has 1 heterocycles. The first-order valence-electron chi connectivity index (χ1n) is 10.1. The summed E-state index contributed by atoms with van der Waals surface area (Å²) < 4.78 is 4.75. The van der Waals surface area contributed by atoms with Crippen molar-refractivity contribution >= 4 is 5.97 Å². The van der Waals surface area contributed by atoms with Gasteiger partial charge in [0.25, 0.3) is 0 Å². The summed E-state index contributed by atoms with van der Waals surface area (Å²) in [7, 11) is 0. The van der Waals surface area contributed by atoms with Gasteiger partial charge in [0.2, 0.25) is 0 Å². The van der Waals surface area contributed by atoms with Gasteiger partial charge in [-0.15, -0.1) is 0 Å². The second-order valence-electron chi connectivity index (χ2n) is 8.07. The van der Waals surface area contributed by atoms with E-state index in [1.54, 1.807) is 0 Å². The molecular weight excluding hydrogens is 499 g/mol. The summed E-state index contributed by atoms with van der Waals surface area (Å²) in [5.41, 5.74) is 14.7. The van der Waals surface area contributed by atoms with Crippen LogP contribution >= 0.6 is 0 Å². The zero-order valence-electron chi connectivity index (χ0n) is 19.8. The van der Waals surface area contributed by atoms with Crippen LogP contribution in [0.1, 0.15) is 68.5 Å². The number of hydrogen-bond donors (Lipinski definition) is 0. The van der Waals surface area contributed by atoms with Crippen molar-refractivity contribution in [1.82, 2.24) is 0 Å². The number of carboxylic acid groups (broad SMARTS) is 1. The molecule has 0 N–H and O–H groups in total. The van der Waals surface area contributed by atoms with Crippen LogP contribution in [0.2, 0.25) is 0 Å². The molecule has 0 bridgehead atoms. The number of carbonyl (C=O) groups excluding carboxylic acids is 1. The monoisotopic (exact) mass is 537 g/mol. The second-order valence-corrected chi connectivity index (χ2v) is 8.07. The van der Waals surface area contributed by atoms with Gasteiger partial charge in [0, 0.05) is 6.61 Å². The van der Waals surface area contributed by atoms with Gasteiger partial charge in [-0.2, -0.15) is 55.6 Å². The van der Waals surface area contributed by atoms with Gasteiger partial charge in [-0.05, 0) is 12.8 Å². The van der Waals surface area contributed by atoms with Crippen molar-refractivity contribution in [2.45, 2.75) is 88.2 Å². The molecule has 1 fully saturated rings.